The van der Waals surface area contributed by atoms with E-state index in [9.17, 15) is 0 Å². The lowest BCUT2D eigenvalue weighted by molar-refractivity contribution is 1.31. The molecular weight excluding hydrogens is 172 g/mol. The molecule has 0 fully saturated rings. The van der Waals surface area contributed by atoms with E-state index < -0.39 is 0 Å². The van der Waals surface area contributed by atoms with Gasteiger partial charge in [-0.1, -0.05) is 11.6 Å². The average molecular weight is 181 g/mol. The first-order valence-electron chi connectivity index (χ1n) is 3.84. The Labute approximate surface area is 76.3 Å². The predicted octanol–water partition coefficient (Wildman–Crippen LogP) is 2.78. The molecule has 0 saturated heterocycles. The number of hydrogen-bond acceptors (Lipinski definition) is 2. The zero-order valence-electron chi connectivity index (χ0n) is 6.76. The van der Waals surface area contributed by atoms with Crippen molar-refractivity contribution in [2.24, 2.45) is 4.99 Å². The molecule has 12 heavy (non-hydrogen) atoms. The van der Waals surface area contributed by atoms with E-state index in [1.807, 2.05) is 25.3 Å². The largest absolute Gasteiger partial charge is 0.378 e. The molecule has 0 atom stereocenters. The van der Waals surface area contributed by atoms with Crippen LogP contribution in [-0.4, -0.2) is 12.8 Å². The number of hydrogen-bond donors (Lipinski definition) is 1. The first-order valence-corrected chi connectivity index (χ1v) is 4.22. The van der Waals surface area contributed by atoms with Crippen LogP contribution in [0.4, 0.5) is 11.4 Å². The Morgan fingerprint density at radius 1 is 1.50 bits per heavy atom. The van der Waals surface area contributed by atoms with Crippen LogP contribution < -0.4 is 5.32 Å². The Morgan fingerprint density at radius 2 is 2.33 bits per heavy atom. The normalized spacial score (nSPS) is 13.8. The van der Waals surface area contributed by atoms with Crippen molar-refractivity contribution in [1.82, 2.24) is 0 Å². The van der Waals surface area contributed by atoms with Gasteiger partial charge >= 0.3 is 0 Å². The number of halogens is 1. The molecule has 0 amide bonds. The van der Waals surface area contributed by atoms with Crippen LogP contribution in [-0.2, 0) is 0 Å². The van der Waals surface area contributed by atoms with E-state index >= 15 is 0 Å². The molecule has 2 nitrogen and oxygen atoms in total. The molecule has 1 aliphatic rings. The van der Waals surface area contributed by atoms with E-state index in [1.54, 1.807) is 0 Å². The van der Waals surface area contributed by atoms with Crippen LogP contribution in [0, 0.1) is 6.92 Å². The van der Waals surface area contributed by atoms with Crippen molar-refractivity contribution in [2.45, 2.75) is 6.92 Å². The monoisotopic (exact) mass is 180 g/mol. The number of nitrogens with one attached hydrogen (secondary N) is 1. The summed E-state index contributed by atoms with van der Waals surface area (Å²) in [5.74, 6) is 0. The van der Waals surface area contributed by atoms with Gasteiger partial charge < -0.3 is 5.32 Å². The molecule has 62 valence electrons. The summed E-state index contributed by atoms with van der Waals surface area (Å²) >= 11 is 5.95. The number of aliphatic imine (C=N–C) groups is 1. The molecule has 0 aliphatic carbocycles. The first kappa shape index (κ1) is 7.62. The van der Waals surface area contributed by atoms with Gasteiger partial charge in [0, 0.05) is 11.2 Å². The van der Waals surface area contributed by atoms with Gasteiger partial charge in [-0.15, -0.1) is 0 Å². The van der Waals surface area contributed by atoms with Crippen molar-refractivity contribution >= 4 is 29.2 Å². The molecule has 0 aromatic heterocycles. The number of rotatable bonds is 0. The van der Waals surface area contributed by atoms with Gasteiger partial charge in [0.2, 0.25) is 0 Å². The first-order chi connectivity index (χ1) is 5.77. The zero-order chi connectivity index (χ0) is 8.55. The second-order valence-electron chi connectivity index (χ2n) is 2.81. The number of benzene rings is 1. The quantitative estimate of drug-likeness (QED) is 0.653. The van der Waals surface area contributed by atoms with Gasteiger partial charge in [-0.3, -0.25) is 4.99 Å². The third kappa shape index (κ3) is 1.18. The maximum absolute atomic E-state index is 5.95. The summed E-state index contributed by atoms with van der Waals surface area (Å²) in [5, 5.41) is 3.99. The average Bonchev–Trinajstić information content (AvgIpc) is 2.07. The zero-order valence-corrected chi connectivity index (χ0v) is 7.52. The van der Waals surface area contributed by atoms with Crippen LogP contribution in [0.25, 0.3) is 0 Å². The summed E-state index contributed by atoms with van der Waals surface area (Å²) in [4.78, 5) is 4.25. The molecule has 0 spiro atoms. The van der Waals surface area contributed by atoms with E-state index in [0.717, 1.165) is 28.5 Å². The molecule has 0 bridgehead atoms. The van der Waals surface area contributed by atoms with E-state index in [4.69, 9.17) is 11.6 Å². The van der Waals surface area contributed by atoms with Crippen molar-refractivity contribution in [2.75, 3.05) is 11.9 Å². The highest BCUT2D eigenvalue weighted by molar-refractivity contribution is 6.31. The fraction of sp³-hybridized carbons (Fsp3) is 0.222. The molecule has 1 aromatic rings. The maximum Gasteiger partial charge on any atom is 0.0861 e. The minimum Gasteiger partial charge on any atom is -0.378 e. The van der Waals surface area contributed by atoms with Crippen molar-refractivity contribution in [3.63, 3.8) is 0 Å². The highest BCUT2D eigenvalue weighted by Gasteiger charge is 2.06. The molecular formula is C9H9ClN2. The smallest absolute Gasteiger partial charge is 0.0861 e. The lowest BCUT2D eigenvalue weighted by atomic mass is 10.2. The summed E-state index contributed by atoms with van der Waals surface area (Å²) in [5.41, 5.74) is 3.06. The molecule has 1 N–H and O–H groups in total. The number of nitrogens with zero attached hydrogens (tertiary/aromatic N) is 1. The van der Waals surface area contributed by atoms with Crippen LogP contribution in [0.3, 0.4) is 0 Å². The summed E-state index contributed by atoms with van der Waals surface area (Å²) in [6.45, 7) is 2.76. The summed E-state index contributed by atoms with van der Waals surface area (Å²) in [6.07, 6.45) is 1.86. The van der Waals surface area contributed by atoms with Crippen molar-refractivity contribution in [1.29, 1.82) is 0 Å². The molecule has 2 rings (SSSR count). The second kappa shape index (κ2) is 2.79. The Kier molecular flexibility index (Phi) is 1.77. The van der Waals surface area contributed by atoms with Gasteiger partial charge in [0.15, 0.2) is 0 Å². The van der Waals surface area contributed by atoms with Gasteiger partial charge in [-0.2, -0.15) is 0 Å². The molecule has 0 unspecified atom stereocenters. The van der Waals surface area contributed by atoms with E-state index in [2.05, 4.69) is 10.3 Å². The van der Waals surface area contributed by atoms with Gasteiger partial charge in [0.05, 0.1) is 17.9 Å². The van der Waals surface area contributed by atoms with Gasteiger partial charge in [0.25, 0.3) is 0 Å². The Bertz CT molecular complexity index is 345. The third-order valence-electron chi connectivity index (χ3n) is 1.89. The highest BCUT2D eigenvalue weighted by atomic mass is 35.5. The molecule has 0 radical (unpaired) electrons. The van der Waals surface area contributed by atoms with E-state index in [1.165, 1.54) is 0 Å². The lowest BCUT2D eigenvalue weighted by Gasteiger charge is -2.13. The van der Waals surface area contributed by atoms with Crippen LogP contribution >= 0.6 is 11.6 Å². The minimum absolute atomic E-state index is 0.784. The Hall–Kier alpha value is -1.02. The Morgan fingerprint density at radius 3 is 3.17 bits per heavy atom. The van der Waals surface area contributed by atoms with E-state index in [0.29, 0.717) is 0 Å². The van der Waals surface area contributed by atoms with Crippen molar-refractivity contribution < 1.29 is 0 Å². The maximum atomic E-state index is 5.95. The van der Waals surface area contributed by atoms with Crippen LogP contribution in [0.2, 0.25) is 5.02 Å². The van der Waals surface area contributed by atoms with Crippen LogP contribution in [0.1, 0.15) is 5.56 Å². The summed E-state index contributed by atoms with van der Waals surface area (Å²) < 4.78 is 0. The van der Waals surface area contributed by atoms with Crippen molar-refractivity contribution in [3.8, 4) is 0 Å². The molecule has 3 heteroatoms. The number of fused-ring (bicyclic) bond motifs is 1. The number of anilines is 1. The second-order valence-corrected chi connectivity index (χ2v) is 3.22. The van der Waals surface area contributed by atoms with E-state index in [-0.39, 0.29) is 0 Å². The molecule has 1 aromatic carbocycles. The molecule has 1 aliphatic heterocycles. The van der Waals surface area contributed by atoms with Gasteiger partial charge in [-0.25, -0.2) is 0 Å². The van der Waals surface area contributed by atoms with Crippen LogP contribution in [0.5, 0.6) is 0 Å². The van der Waals surface area contributed by atoms with Gasteiger partial charge in [-0.05, 0) is 24.6 Å². The van der Waals surface area contributed by atoms with Gasteiger partial charge in [0.1, 0.15) is 0 Å². The summed E-state index contributed by atoms with van der Waals surface area (Å²) in [7, 11) is 0. The third-order valence-corrected chi connectivity index (χ3v) is 2.30. The van der Waals surface area contributed by atoms with Crippen molar-refractivity contribution in [3.05, 3.63) is 22.7 Å². The lowest BCUT2D eigenvalue weighted by Crippen LogP contribution is -2.06. The summed E-state index contributed by atoms with van der Waals surface area (Å²) in [6, 6.07) is 3.91. The predicted molar refractivity (Wildman–Crippen MR) is 52.8 cm³/mol. The number of aryl methyl sites for hydroxylation is 1. The fourth-order valence-corrected chi connectivity index (χ4v) is 1.38. The molecule has 0 saturated carbocycles. The van der Waals surface area contributed by atoms with Crippen LogP contribution in [0.15, 0.2) is 17.1 Å². The Balaban J connectivity index is 2.58. The molecule has 1 heterocycles. The highest BCUT2D eigenvalue weighted by Crippen LogP contribution is 2.32. The fourth-order valence-electron chi connectivity index (χ4n) is 1.21. The minimum atomic E-state index is 0.784. The SMILES string of the molecule is Cc1cc2c(cc1Cl)NCC=N2. The standard InChI is InChI=1S/C9H9ClN2/c1-6-4-8-9(5-7(6)10)12-3-2-11-8/h2,4-5,12H,3H2,1H3. The topological polar surface area (TPSA) is 24.4 Å².